The molecule has 9 heteroatoms. The Balaban J connectivity index is 1.71. The van der Waals surface area contributed by atoms with Crippen LogP contribution in [-0.4, -0.2) is 42.7 Å². The van der Waals surface area contributed by atoms with Gasteiger partial charge in [0.05, 0.1) is 4.92 Å². The van der Waals surface area contributed by atoms with Crippen molar-refractivity contribution in [2.45, 2.75) is 57.4 Å². The van der Waals surface area contributed by atoms with E-state index in [1.165, 1.54) is 22.5 Å². The lowest BCUT2D eigenvalue weighted by Gasteiger charge is -2.33. The van der Waals surface area contributed by atoms with E-state index >= 15 is 0 Å². The van der Waals surface area contributed by atoms with Gasteiger partial charge in [-0.1, -0.05) is 37.5 Å². The molecule has 154 valence electrons. The van der Waals surface area contributed by atoms with Crippen LogP contribution in [0.25, 0.3) is 0 Å². The highest BCUT2D eigenvalue weighted by molar-refractivity contribution is 7.93. The van der Waals surface area contributed by atoms with Crippen LogP contribution >= 0.6 is 0 Å². The quantitative estimate of drug-likeness (QED) is 0.554. The number of allylic oxidation sites excluding steroid dienone is 4. The minimum atomic E-state index is -4.00. The smallest absolute Gasteiger partial charge is 0.289 e. The molecule has 0 radical (unpaired) electrons. The van der Waals surface area contributed by atoms with Crippen LogP contribution in [0.15, 0.2) is 34.9 Å². The third-order valence-electron chi connectivity index (χ3n) is 5.60. The first-order chi connectivity index (χ1) is 13.4. The van der Waals surface area contributed by atoms with E-state index in [1.54, 1.807) is 6.08 Å². The number of piperidine rings is 1. The SMILES string of the molecule is O=C(N[C@@H]1CCCN(S(=O)(=O)C2=CCC=CC=C2[N+](=O)[O-])C1)C1CCCCC1. The van der Waals surface area contributed by atoms with E-state index in [-0.39, 0.29) is 29.3 Å². The van der Waals surface area contributed by atoms with Crippen molar-refractivity contribution in [2.75, 3.05) is 13.1 Å². The van der Waals surface area contributed by atoms with Crippen LogP contribution in [-0.2, 0) is 14.8 Å². The van der Waals surface area contributed by atoms with Gasteiger partial charge in [0, 0.05) is 31.1 Å². The van der Waals surface area contributed by atoms with Gasteiger partial charge in [0.15, 0.2) is 4.91 Å². The molecule has 1 aliphatic heterocycles. The number of rotatable bonds is 5. The molecule has 1 saturated carbocycles. The highest BCUT2D eigenvalue weighted by atomic mass is 32.2. The predicted octanol–water partition coefficient (Wildman–Crippen LogP) is 2.48. The molecule has 8 nitrogen and oxygen atoms in total. The average Bonchev–Trinajstić information content (AvgIpc) is 2.96. The normalized spacial score (nSPS) is 24.8. The van der Waals surface area contributed by atoms with Gasteiger partial charge in [-0.15, -0.1) is 0 Å². The zero-order chi connectivity index (χ0) is 20.1. The number of carbonyl (C=O) groups is 1. The summed E-state index contributed by atoms with van der Waals surface area (Å²) in [5.74, 6) is 0.0214. The number of amides is 1. The van der Waals surface area contributed by atoms with Gasteiger partial charge in [-0.05, 0) is 32.1 Å². The molecule has 0 spiro atoms. The molecular formula is C19H27N3O5S. The Morgan fingerprint density at radius 2 is 1.93 bits per heavy atom. The Morgan fingerprint density at radius 3 is 2.64 bits per heavy atom. The zero-order valence-electron chi connectivity index (χ0n) is 15.9. The second-order valence-corrected chi connectivity index (χ2v) is 9.49. The van der Waals surface area contributed by atoms with Crippen molar-refractivity contribution in [1.29, 1.82) is 0 Å². The monoisotopic (exact) mass is 409 g/mol. The van der Waals surface area contributed by atoms with Gasteiger partial charge >= 0.3 is 0 Å². The number of nitro groups is 1. The molecule has 0 bridgehead atoms. The third kappa shape index (κ3) is 4.70. The van der Waals surface area contributed by atoms with E-state index < -0.39 is 20.6 Å². The van der Waals surface area contributed by atoms with Gasteiger partial charge in [0.2, 0.25) is 15.9 Å². The van der Waals surface area contributed by atoms with Crippen LogP contribution < -0.4 is 5.32 Å². The van der Waals surface area contributed by atoms with Crippen LogP contribution in [0.4, 0.5) is 0 Å². The molecule has 3 aliphatic rings. The van der Waals surface area contributed by atoms with Gasteiger partial charge in [0.1, 0.15) is 0 Å². The summed E-state index contributed by atoms with van der Waals surface area (Å²) in [4.78, 5) is 22.9. The molecule has 2 aliphatic carbocycles. The van der Waals surface area contributed by atoms with E-state index in [4.69, 9.17) is 0 Å². The highest BCUT2D eigenvalue weighted by Crippen LogP contribution is 2.28. The molecule has 3 rings (SSSR count). The van der Waals surface area contributed by atoms with Gasteiger partial charge in [0.25, 0.3) is 5.70 Å². The van der Waals surface area contributed by atoms with Gasteiger partial charge < -0.3 is 5.32 Å². The van der Waals surface area contributed by atoms with Crippen molar-refractivity contribution in [3.63, 3.8) is 0 Å². The molecule has 1 amide bonds. The van der Waals surface area contributed by atoms with Crippen LogP contribution in [0, 0.1) is 16.0 Å². The summed E-state index contributed by atoms with van der Waals surface area (Å²) in [7, 11) is -4.00. The Hall–Kier alpha value is -2.00. The fourth-order valence-corrected chi connectivity index (χ4v) is 5.83. The minimum Gasteiger partial charge on any atom is -0.352 e. The summed E-state index contributed by atoms with van der Waals surface area (Å²) in [6, 6.07) is -0.259. The molecule has 1 atom stereocenters. The molecule has 0 aromatic carbocycles. The van der Waals surface area contributed by atoms with Crippen molar-refractivity contribution in [3.8, 4) is 0 Å². The zero-order valence-corrected chi connectivity index (χ0v) is 16.7. The van der Waals surface area contributed by atoms with Crippen LogP contribution in [0.3, 0.4) is 0 Å². The molecule has 0 unspecified atom stereocenters. The first-order valence-electron chi connectivity index (χ1n) is 9.92. The number of nitrogens with zero attached hydrogens (tertiary/aromatic N) is 2. The van der Waals surface area contributed by atoms with Crippen LogP contribution in [0.2, 0.25) is 0 Å². The summed E-state index contributed by atoms with van der Waals surface area (Å²) in [5, 5.41) is 14.4. The third-order valence-corrected chi connectivity index (χ3v) is 7.55. The maximum absolute atomic E-state index is 13.1. The summed E-state index contributed by atoms with van der Waals surface area (Å²) >= 11 is 0. The Kier molecular flexibility index (Phi) is 6.66. The molecular weight excluding hydrogens is 382 g/mol. The van der Waals surface area contributed by atoms with Gasteiger partial charge in [-0.25, -0.2) is 8.42 Å². The van der Waals surface area contributed by atoms with Crippen LogP contribution in [0.5, 0.6) is 0 Å². The highest BCUT2D eigenvalue weighted by Gasteiger charge is 2.38. The van der Waals surface area contributed by atoms with Crippen molar-refractivity contribution < 1.29 is 18.1 Å². The number of hydrogen-bond donors (Lipinski definition) is 1. The Labute approximate surface area is 165 Å². The van der Waals surface area contributed by atoms with E-state index in [0.29, 0.717) is 25.8 Å². The molecule has 2 fully saturated rings. The Morgan fingerprint density at radius 1 is 1.18 bits per heavy atom. The largest absolute Gasteiger partial charge is 0.352 e. The fourth-order valence-electron chi connectivity index (χ4n) is 4.09. The van der Waals surface area contributed by atoms with Gasteiger partial charge in [-0.3, -0.25) is 14.9 Å². The number of carbonyl (C=O) groups excluding carboxylic acids is 1. The van der Waals surface area contributed by atoms with Gasteiger partial charge in [-0.2, -0.15) is 4.31 Å². The van der Waals surface area contributed by atoms with E-state index in [2.05, 4.69) is 5.32 Å². The summed E-state index contributed by atoms with van der Waals surface area (Å²) < 4.78 is 27.5. The molecule has 0 aromatic rings. The maximum Gasteiger partial charge on any atom is 0.289 e. The van der Waals surface area contributed by atoms with Crippen molar-refractivity contribution >= 4 is 15.9 Å². The topological polar surface area (TPSA) is 110 Å². The lowest BCUT2D eigenvalue weighted by molar-refractivity contribution is -0.419. The second kappa shape index (κ2) is 9.00. The molecule has 28 heavy (non-hydrogen) atoms. The lowest BCUT2D eigenvalue weighted by atomic mass is 9.88. The van der Waals surface area contributed by atoms with E-state index in [0.717, 1.165) is 32.1 Å². The maximum atomic E-state index is 13.1. The van der Waals surface area contributed by atoms with E-state index in [9.17, 15) is 23.3 Å². The second-order valence-electron chi connectivity index (χ2n) is 7.59. The fraction of sp³-hybridized carbons (Fsp3) is 0.632. The first kappa shape index (κ1) is 20.7. The number of hydrogen-bond acceptors (Lipinski definition) is 5. The summed E-state index contributed by atoms with van der Waals surface area (Å²) in [6.45, 7) is 0.449. The number of nitrogens with one attached hydrogen (secondary N) is 1. The molecule has 0 aromatic heterocycles. The van der Waals surface area contributed by atoms with Crippen molar-refractivity contribution in [3.05, 3.63) is 45.0 Å². The number of sulfonamides is 1. The lowest BCUT2D eigenvalue weighted by Crippen LogP contribution is -2.51. The van der Waals surface area contributed by atoms with Crippen molar-refractivity contribution in [1.82, 2.24) is 9.62 Å². The molecule has 1 N–H and O–H groups in total. The van der Waals surface area contributed by atoms with Crippen LogP contribution in [0.1, 0.15) is 51.4 Å². The van der Waals surface area contributed by atoms with Crippen molar-refractivity contribution in [2.24, 2.45) is 5.92 Å². The van der Waals surface area contributed by atoms with E-state index in [1.807, 2.05) is 0 Å². The first-order valence-corrected chi connectivity index (χ1v) is 11.4. The predicted molar refractivity (Wildman–Crippen MR) is 105 cm³/mol. The minimum absolute atomic E-state index is 0.00714. The summed E-state index contributed by atoms with van der Waals surface area (Å²) in [5.41, 5.74) is -0.415. The molecule has 1 saturated heterocycles. The standard InChI is InChI=1S/C19H27N3O5S/c23-19(15-8-3-1-4-9-15)20-16-10-7-13-21(14-16)28(26,27)18-12-6-2-5-11-17(18)22(24)25/h2,5,11-12,15-16H,1,3-4,6-10,13-14H2,(H,20,23)/t16-/m1/s1. The average molecular weight is 410 g/mol. The molecule has 1 heterocycles. The summed E-state index contributed by atoms with van der Waals surface area (Å²) in [6.07, 6.45) is 12.5. The Bertz CT molecular complexity index is 809.